The van der Waals surface area contributed by atoms with Gasteiger partial charge in [0.25, 0.3) is 0 Å². The quantitative estimate of drug-likeness (QED) is 0.754. The molecule has 86 valence electrons. The predicted octanol–water partition coefficient (Wildman–Crippen LogP) is 3.04. The van der Waals surface area contributed by atoms with Gasteiger partial charge in [-0.1, -0.05) is 30.3 Å². The van der Waals surface area contributed by atoms with Crippen LogP contribution in [0.2, 0.25) is 0 Å². The molecule has 0 fully saturated rings. The Kier molecular flexibility index (Phi) is 3.60. The normalized spacial score (nSPS) is 10.2. The van der Waals surface area contributed by atoms with Crippen LogP contribution in [0.5, 0.6) is 0 Å². The predicted molar refractivity (Wildman–Crippen MR) is 63.3 cm³/mol. The van der Waals surface area contributed by atoms with Crippen LogP contribution in [0.15, 0.2) is 48.7 Å². The van der Waals surface area contributed by atoms with Crippen LogP contribution in [0.4, 0.5) is 4.39 Å². The Labute approximate surface area is 99.1 Å². The number of carbonyl (C=O) groups is 1. The van der Waals surface area contributed by atoms with E-state index in [0.29, 0.717) is 6.42 Å². The van der Waals surface area contributed by atoms with E-state index in [9.17, 15) is 9.18 Å². The third-order valence-electron chi connectivity index (χ3n) is 2.51. The fourth-order valence-corrected chi connectivity index (χ4v) is 1.61. The van der Waals surface area contributed by atoms with E-state index in [2.05, 4.69) is 4.98 Å². The molecule has 0 saturated carbocycles. The highest BCUT2D eigenvalue weighted by molar-refractivity contribution is 5.94. The molecule has 0 bridgehead atoms. The molecule has 3 heteroatoms. The summed E-state index contributed by atoms with van der Waals surface area (Å²) in [4.78, 5) is 15.5. The van der Waals surface area contributed by atoms with E-state index in [4.69, 9.17) is 0 Å². The summed E-state index contributed by atoms with van der Waals surface area (Å²) in [5, 5.41) is 0. The van der Waals surface area contributed by atoms with Gasteiger partial charge in [0, 0.05) is 12.6 Å². The molecular weight excluding hydrogens is 217 g/mol. The highest BCUT2D eigenvalue weighted by atomic mass is 19.1. The number of carbonyl (C=O) groups excluding carboxylic acids is 1. The van der Waals surface area contributed by atoms with Crippen LogP contribution in [-0.2, 0) is 6.42 Å². The Morgan fingerprint density at radius 3 is 2.59 bits per heavy atom. The van der Waals surface area contributed by atoms with Gasteiger partial charge < -0.3 is 0 Å². The fraction of sp³-hybridized carbons (Fsp3) is 0.143. The number of hydrogen-bond donors (Lipinski definition) is 0. The average molecular weight is 229 g/mol. The summed E-state index contributed by atoms with van der Waals surface area (Å²) >= 11 is 0. The minimum atomic E-state index is -0.550. The van der Waals surface area contributed by atoms with E-state index in [-0.39, 0.29) is 17.9 Å². The lowest BCUT2D eigenvalue weighted by Gasteiger charge is -2.01. The van der Waals surface area contributed by atoms with Crippen molar-refractivity contribution in [3.8, 4) is 0 Å². The minimum absolute atomic E-state index is 0.0663. The smallest absolute Gasteiger partial charge is 0.184 e. The Balaban J connectivity index is 2.01. The summed E-state index contributed by atoms with van der Waals surface area (Å²) in [6.07, 6.45) is 2.31. The van der Waals surface area contributed by atoms with Crippen LogP contribution in [0.1, 0.15) is 22.5 Å². The highest BCUT2D eigenvalue weighted by Crippen LogP contribution is 2.09. The van der Waals surface area contributed by atoms with Crippen LogP contribution in [0.3, 0.4) is 0 Å². The van der Waals surface area contributed by atoms with E-state index in [1.54, 1.807) is 0 Å². The van der Waals surface area contributed by atoms with Gasteiger partial charge in [0.15, 0.2) is 11.6 Å². The molecule has 1 heterocycles. The van der Waals surface area contributed by atoms with E-state index in [0.717, 1.165) is 5.56 Å². The zero-order valence-electron chi connectivity index (χ0n) is 9.27. The Morgan fingerprint density at radius 1 is 1.12 bits per heavy atom. The third kappa shape index (κ3) is 2.97. The molecule has 0 radical (unpaired) electrons. The molecule has 0 aliphatic heterocycles. The lowest BCUT2D eigenvalue weighted by atomic mass is 10.1. The van der Waals surface area contributed by atoms with Gasteiger partial charge in [-0.25, -0.2) is 4.39 Å². The first-order chi connectivity index (χ1) is 8.27. The maximum Gasteiger partial charge on any atom is 0.184 e. The Morgan fingerprint density at radius 2 is 1.88 bits per heavy atom. The third-order valence-corrected chi connectivity index (χ3v) is 2.51. The summed E-state index contributed by atoms with van der Waals surface area (Å²) in [7, 11) is 0. The number of Topliss-reactive ketones (excluding diaryl/α,β-unsaturated/α-hetero) is 1. The van der Waals surface area contributed by atoms with E-state index < -0.39 is 5.82 Å². The lowest BCUT2D eigenvalue weighted by Crippen LogP contribution is -2.06. The monoisotopic (exact) mass is 229 g/mol. The molecule has 1 aromatic carbocycles. The minimum Gasteiger partial charge on any atom is -0.292 e. The zero-order chi connectivity index (χ0) is 12.1. The van der Waals surface area contributed by atoms with Crippen LogP contribution >= 0.6 is 0 Å². The molecule has 2 rings (SSSR count). The van der Waals surface area contributed by atoms with Crippen molar-refractivity contribution in [3.63, 3.8) is 0 Å². The van der Waals surface area contributed by atoms with Crippen molar-refractivity contribution >= 4 is 5.78 Å². The van der Waals surface area contributed by atoms with Crippen molar-refractivity contribution < 1.29 is 9.18 Å². The summed E-state index contributed by atoms with van der Waals surface area (Å²) < 4.78 is 13.3. The highest BCUT2D eigenvalue weighted by Gasteiger charge is 2.12. The first-order valence-corrected chi connectivity index (χ1v) is 5.45. The summed E-state index contributed by atoms with van der Waals surface area (Å²) in [5.74, 6) is -0.808. The number of ketones is 1. The summed E-state index contributed by atoms with van der Waals surface area (Å²) in [5.41, 5.74) is 1.00. The number of aryl methyl sites for hydroxylation is 1. The maximum absolute atomic E-state index is 13.3. The van der Waals surface area contributed by atoms with Crippen LogP contribution in [0, 0.1) is 5.82 Å². The van der Waals surface area contributed by atoms with Gasteiger partial charge in [0.2, 0.25) is 0 Å². The number of pyridine rings is 1. The molecule has 1 aromatic heterocycles. The molecular formula is C14H12FNO. The van der Waals surface area contributed by atoms with Gasteiger partial charge >= 0.3 is 0 Å². The number of rotatable bonds is 4. The second-order valence-corrected chi connectivity index (χ2v) is 3.74. The Hall–Kier alpha value is -2.03. The first-order valence-electron chi connectivity index (χ1n) is 5.45. The zero-order valence-corrected chi connectivity index (χ0v) is 9.27. The molecule has 0 unspecified atom stereocenters. The van der Waals surface area contributed by atoms with Gasteiger partial charge in [0.05, 0.1) is 0 Å². The number of nitrogens with zero attached hydrogens (tertiary/aromatic N) is 1. The first kappa shape index (κ1) is 11.5. The number of benzene rings is 1. The van der Waals surface area contributed by atoms with Gasteiger partial charge in [-0.3, -0.25) is 9.78 Å². The average Bonchev–Trinajstić information content (AvgIpc) is 2.38. The van der Waals surface area contributed by atoms with Gasteiger partial charge in [-0.2, -0.15) is 0 Å². The van der Waals surface area contributed by atoms with Crippen molar-refractivity contribution in [2.24, 2.45) is 0 Å². The molecule has 17 heavy (non-hydrogen) atoms. The van der Waals surface area contributed by atoms with Crippen LogP contribution < -0.4 is 0 Å². The standard InChI is InChI=1S/C14H12FNO/c15-12-7-4-10-16-14(12)13(17)9-8-11-5-2-1-3-6-11/h1-7,10H,8-9H2. The SMILES string of the molecule is O=C(CCc1ccccc1)c1ncccc1F. The molecule has 2 aromatic rings. The molecule has 0 amide bonds. The van der Waals surface area contributed by atoms with Gasteiger partial charge in [0.1, 0.15) is 5.69 Å². The second kappa shape index (κ2) is 5.34. The van der Waals surface area contributed by atoms with Crippen molar-refractivity contribution in [1.29, 1.82) is 0 Å². The van der Waals surface area contributed by atoms with Crippen molar-refractivity contribution in [2.45, 2.75) is 12.8 Å². The molecule has 0 saturated heterocycles. The number of halogens is 1. The Bertz CT molecular complexity index is 511. The van der Waals surface area contributed by atoms with E-state index in [1.807, 2.05) is 30.3 Å². The molecule has 0 N–H and O–H groups in total. The molecule has 0 aliphatic carbocycles. The largest absolute Gasteiger partial charge is 0.292 e. The maximum atomic E-state index is 13.3. The lowest BCUT2D eigenvalue weighted by molar-refractivity contribution is 0.0973. The van der Waals surface area contributed by atoms with Crippen LogP contribution in [0.25, 0.3) is 0 Å². The fourth-order valence-electron chi connectivity index (χ4n) is 1.61. The second-order valence-electron chi connectivity index (χ2n) is 3.74. The molecule has 2 nitrogen and oxygen atoms in total. The number of aromatic nitrogens is 1. The van der Waals surface area contributed by atoms with Gasteiger partial charge in [-0.15, -0.1) is 0 Å². The summed E-state index contributed by atoms with van der Waals surface area (Å²) in [6.45, 7) is 0. The number of hydrogen-bond acceptors (Lipinski definition) is 2. The van der Waals surface area contributed by atoms with E-state index in [1.165, 1.54) is 18.3 Å². The van der Waals surface area contributed by atoms with Gasteiger partial charge in [-0.05, 0) is 24.1 Å². The molecule has 0 aliphatic rings. The van der Waals surface area contributed by atoms with Crippen LogP contribution in [-0.4, -0.2) is 10.8 Å². The summed E-state index contributed by atoms with van der Waals surface area (Å²) in [6, 6.07) is 12.4. The van der Waals surface area contributed by atoms with Crippen molar-refractivity contribution in [1.82, 2.24) is 4.98 Å². The van der Waals surface area contributed by atoms with Crippen molar-refractivity contribution in [3.05, 3.63) is 65.7 Å². The van der Waals surface area contributed by atoms with Crippen molar-refractivity contribution in [2.75, 3.05) is 0 Å². The van der Waals surface area contributed by atoms with E-state index >= 15 is 0 Å². The molecule has 0 atom stereocenters. The topological polar surface area (TPSA) is 30.0 Å². The molecule has 0 spiro atoms.